The van der Waals surface area contributed by atoms with Gasteiger partial charge < -0.3 is 19.4 Å². The maximum Gasteiger partial charge on any atom is 0.241 e. The number of hydrogen-bond donors (Lipinski definition) is 1. The van der Waals surface area contributed by atoms with Crippen molar-refractivity contribution in [1.82, 2.24) is 15.2 Å². The quantitative estimate of drug-likeness (QED) is 0.811. The third-order valence-corrected chi connectivity index (χ3v) is 6.00. The number of rotatable bonds is 5. The SMILES string of the molecule is C.COC[C@H]1CN[C@H](C)CN1CC(=O)N1CC(C)(C)c2cnc(-c3ccoc3)cc21. The average molecular weight is 415 g/mol. The summed E-state index contributed by atoms with van der Waals surface area (Å²) >= 11 is 0. The second-order valence-electron chi connectivity index (χ2n) is 8.81. The molecule has 4 heterocycles. The number of nitrogens with zero attached hydrogens (tertiary/aromatic N) is 3. The number of hydrogen-bond acceptors (Lipinski definition) is 6. The van der Waals surface area contributed by atoms with Crippen LogP contribution in [-0.2, 0) is 14.9 Å². The monoisotopic (exact) mass is 414 g/mol. The van der Waals surface area contributed by atoms with Gasteiger partial charge in [0.15, 0.2) is 0 Å². The van der Waals surface area contributed by atoms with Gasteiger partial charge in [-0.2, -0.15) is 0 Å². The molecule has 0 spiro atoms. The first kappa shape index (κ1) is 22.5. The van der Waals surface area contributed by atoms with Crippen LogP contribution < -0.4 is 10.2 Å². The summed E-state index contributed by atoms with van der Waals surface area (Å²) in [6.45, 7) is 9.81. The molecule has 0 unspecified atom stereocenters. The zero-order valence-corrected chi connectivity index (χ0v) is 17.6. The van der Waals surface area contributed by atoms with Crippen molar-refractivity contribution in [1.29, 1.82) is 0 Å². The summed E-state index contributed by atoms with van der Waals surface area (Å²) in [6.07, 6.45) is 5.22. The number of piperazine rings is 1. The van der Waals surface area contributed by atoms with E-state index in [0.29, 0.717) is 25.7 Å². The van der Waals surface area contributed by atoms with Gasteiger partial charge in [0, 0.05) is 61.6 Å². The van der Waals surface area contributed by atoms with Crippen LogP contribution in [0.1, 0.15) is 33.8 Å². The first-order valence-corrected chi connectivity index (χ1v) is 10.2. The summed E-state index contributed by atoms with van der Waals surface area (Å²) in [4.78, 5) is 22.2. The second kappa shape index (κ2) is 8.88. The van der Waals surface area contributed by atoms with Crippen molar-refractivity contribution < 1.29 is 13.9 Å². The zero-order chi connectivity index (χ0) is 20.6. The zero-order valence-electron chi connectivity index (χ0n) is 17.6. The van der Waals surface area contributed by atoms with E-state index in [0.717, 1.165) is 35.6 Å². The molecule has 7 heteroatoms. The van der Waals surface area contributed by atoms with Gasteiger partial charge in [-0.1, -0.05) is 21.3 Å². The van der Waals surface area contributed by atoms with Gasteiger partial charge in [-0.05, 0) is 19.1 Å². The molecule has 2 aliphatic heterocycles. The number of pyridine rings is 1. The van der Waals surface area contributed by atoms with E-state index >= 15 is 0 Å². The minimum atomic E-state index is -0.129. The number of carbonyl (C=O) groups is 1. The Morgan fingerprint density at radius 3 is 2.93 bits per heavy atom. The molecule has 0 aromatic carbocycles. The average Bonchev–Trinajstić information content (AvgIpc) is 3.30. The number of carbonyl (C=O) groups excluding carboxylic acids is 1. The lowest BCUT2D eigenvalue weighted by Gasteiger charge is -2.39. The van der Waals surface area contributed by atoms with Crippen LogP contribution in [0, 0.1) is 0 Å². The number of fused-ring (bicyclic) bond motifs is 1. The topological polar surface area (TPSA) is 70.8 Å². The molecule has 1 amide bonds. The van der Waals surface area contributed by atoms with Crippen molar-refractivity contribution in [2.24, 2.45) is 0 Å². The lowest BCUT2D eigenvalue weighted by Crippen LogP contribution is -2.59. The predicted octanol–water partition coefficient (Wildman–Crippen LogP) is 2.91. The molecule has 1 N–H and O–H groups in total. The fourth-order valence-corrected chi connectivity index (χ4v) is 4.39. The van der Waals surface area contributed by atoms with Crippen LogP contribution in [0.25, 0.3) is 11.3 Å². The van der Waals surface area contributed by atoms with Crippen molar-refractivity contribution in [3.63, 3.8) is 0 Å². The molecule has 2 aromatic heterocycles. The fraction of sp³-hybridized carbons (Fsp3) is 0.565. The van der Waals surface area contributed by atoms with Gasteiger partial charge >= 0.3 is 0 Å². The van der Waals surface area contributed by atoms with E-state index in [4.69, 9.17) is 9.15 Å². The normalized spacial score (nSPS) is 23.1. The minimum absolute atomic E-state index is 0. The molecular weight excluding hydrogens is 380 g/mol. The van der Waals surface area contributed by atoms with Crippen LogP contribution in [0.3, 0.4) is 0 Å². The Bertz CT molecular complexity index is 865. The molecule has 0 radical (unpaired) electrons. The first-order chi connectivity index (χ1) is 13.9. The molecule has 7 nitrogen and oxygen atoms in total. The maximum absolute atomic E-state index is 13.4. The molecule has 2 aromatic rings. The third kappa shape index (κ3) is 4.29. The molecule has 30 heavy (non-hydrogen) atoms. The van der Waals surface area contributed by atoms with Crippen molar-refractivity contribution in [3.05, 3.63) is 36.4 Å². The number of anilines is 1. The second-order valence-corrected chi connectivity index (χ2v) is 8.81. The summed E-state index contributed by atoms with van der Waals surface area (Å²) in [5.41, 5.74) is 3.68. The Kier molecular flexibility index (Phi) is 6.65. The van der Waals surface area contributed by atoms with E-state index in [1.54, 1.807) is 19.6 Å². The van der Waals surface area contributed by atoms with Gasteiger partial charge in [-0.3, -0.25) is 14.7 Å². The van der Waals surface area contributed by atoms with Crippen LogP contribution >= 0.6 is 0 Å². The van der Waals surface area contributed by atoms with Gasteiger partial charge in [0.25, 0.3) is 0 Å². The van der Waals surface area contributed by atoms with Gasteiger partial charge in [-0.15, -0.1) is 0 Å². The summed E-state index contributed by atoms with van der Waals surface area (Å²) in [5, 5.41) is 3.48. The third-order valence-electron chi connectivity index (χ3n) is 6.00. The standard InChI is InChI=1S/C22H30N4O3.CH4/c1-15-10-25(17(8-23-15)13-28-4)11-21(27)26-14-22(2,3)18-9-24-19(7-20(18)26)16-5-6-29-12-16;/h5-7,9,12,15,17,23H,8,10-11,13-14H2,1-4H3;1H4/t15-,17-;/m1./s1. The molecule has 1 fully saturated rings. The van der Waals surface area contributed by atoms with Crippen LogP contribution in [0.2, 0.25) is 0 Å². The number of aromatic nitrogens is 1. The number of amides is 1. The first-order valence-electron chi connectivity index (χ1n) is 10.2. The molecule has 2 atom stereocenters. The molecule has 0 aliphatic carbocycles. The van der Waals surface area contributed by atoms with Gasteiger partial charge in [0.05, 0.1) is 37.1 Å². The van der Waals surface area contributed by atoms with E-state index in [1.807, 2.05) is 23.2 Å². The van der Waals surface area contributed by atoms with E-state index in [9.17, 15) is 4.79 Å². The Balaban J connectivity index is 0.00000256. The van der Waals surface area contributed by atoms with E-state index in [1.165, 1.54) is 0 Å². The van der Waals surface area contributed by atoms with Gasteiger partial charge in [0.2, 0.25) is 5.91 Å². The maximum atomic E-state index is 13.4. The molecule has 0 saturated carbocycles. The fourth-order valence-electron chi connectivity index (χ4n) is 4.39. The van der Waals surface area contributed by atoms with Gasteiger partial charge in [0.1, 0.15) is 0 Å². The number of nitrogens with one attached hydrogen (secondary N) is 1. The molecule has 164 valence electrons. The Labute approximate surface area is 179 Å². The van der Waals surface area contributed by atoms with Crippen molar-refractivity contribution in [2.45, 2.75) is 45.7 Å². The molecule has 4 rings (SSSR count). The predicted molar refractivity (Wildman–Crippen MR) is 119 cm³/mol. The summed E-state index contributed by atoms with van der Waals surface area (Å²) in [6, 6.07) is 4.46. The van der Waals surface area contributed by atoms with E-state index in [2.05, 4.69) is 36.0 Å². The molecule has 2 aliphatic rings. The van der Waals surface area contributed by atoms with Crippen molar-refractivity contribution in [3.8, 4) is 11.3 Å². The van der Waals surface area contributed by atoms with Crippen LogP contribution in [0.4, 0.5) is 5.69 Å². The highest BCUT2D eigenvalue weighted by molar-refractivity contribution is 5.98. The summed E-state index contributed by atoms with van der Waals surface area (Å²) < 4.78 is 10.6. The van der Waals surface area contributed by atoms with E-state index < -0.39 is 0 Å². The van der Waals surface area contributed by atoms with Crippen molar-refractivity contribution >= 4 is 11.6 Å². The summed E-state index contributed by atoms with van der Waals surface area (Å²) in [5.74, 6) is 0.122. The Morgan fingerprint density at radius 1 is 1.43 bits per heavy atom. The molecule has 0 bridgehead atoms. The molecular formula is C23H34N4O3. The minimum Gasteiger partial charge on any atom is -0.472 e. The van der Waals surface area contributed by atoms with Gasteiger partial charge in [-0.25, -0.2) is 0 Å². The van der Waals surface area contributed by atoms with Crippen LogP contribution in [0.5, 0.6) is 0 Å². The highest BCUT2D eigenvalue weighted by Gasteiger charge is 2.39. The Hall–Kier alpha value is -2.22. The number of furan rings is 1. The smallest absolute Gasteiger partial charge is 0.241 e. The highest BCUT2D eigenvalue weighted by Crippen LogP contribution is 2.41. The van der Waals surface area contributed by atoms with Crippen molar-refractivity contribution in [2.75, 3.05) is 44.8 Å². The highest BCUT2D eigenvalue weighted by atomic mass is 16.5. The Morgan fingerprint density at radius 2 is 2.23 bits per heavy atom. The largest absolute Gasteiger partial charge is 0.472 e. The lowest BCUT2D eigenvalue weighted by molar-refractivity contribution is -0.121. The molecule has 1 saturated heterocycles. The number of ether oxygens (including phenoxy) is 1. The van der Waals surface area contributed by atoms with Crippen LogP contribution in [0.15, 0.2) is 35.3 Å². The van der Waals surface area contributed by atoms with Crippen LogP contribution in [-0.4, -0.2) is 67.8 Å². The summed E-state index contributed by atoms with van der Waals surface area (Å²) in [7, 11) is 1.71. The number of methoxy groups -OCH3 is 1. The lowest BCUT2D eigenvalue weighted by atomic mass is 9.88. The van der Waals surface area contributed by atoms with E-state index in [-0.39, 0.29) is 24.8 Å².